The molecule has 0 bridgehead atoms. The topological polar surface area (TPSA) is 70.1 Å². The van der Waals surface area contributed by atoms with Gasteiger partial charge in [0, 0.05) is 40.9 Å². The normalized spacial score (nSPS) is 9.94. The number of carboxylic acid groups (broad SMARTS) is 1. The maximum absolute atomic E-state index is 11.7. The number of urea groups is 1. The Morgan fingerprint density at radius 1 is 1.19 bits per heavy atom. The number of hydrogen-bond donors (Lipinski definition) is 1. The van der Waals surface area contributed by atoms with Crippen molar-refractivity contribution in [1.82, 2.24) is 9.80 Å². The molecule has 6 heteroatoms. The lowest BCUT2D eigenvalue weighted by molar-refractivity contribution is -0.137. The van der Waals surface area contributed by atoms with E-state index in [-0.39, 0.29) is 19.0 Å². The van der Waals surface area contributed by atoms with Crippen LogP contribution in [0.5, 0.6) is 0 Å². The Hall–Kier alpha value is -1.30. The number of nitrogens with zero attached hydrogens (tertiary/aromatic N) is 2. The minimum Gasteiger partial charge on any atom is -0.481 e. The maximum Gasteiger partial charge on any atom is 0.319 e. The average Bonchev–Trinajstić information content (AvgIpc) is 2.24. The van der Waals surface area contributed by atoms with Gasteiger partial charge < -0.3 is 19.6 Å². The molecule has 0 rings (SSSR count). The summed E-state index contributed by atoms with van der Waals surface area (Å²) in [7, 11) is 4.90. The first-order valence-corrected chi connectivity index (χ1v) is 5.16. The van der Waals surface area contributed by atoms with Gasteiger partial charge in [0.25, 0.3) is 0 Å². The van der Waals surface area contributed by atoms with Crippen LogP contribution in [0.4, 0.5) is 4.79 Å². The molecule has 0 radical (unpaired) electrons. The molecule has 0 aliphatic rings. The van der Waals surface area contributed by atoms with Crippen molar-refractivity contribution in [3.63, 3.8) is 0 Å². The molecule has 0 aliphatic carbocycles. The van der Waals surface area contributed by atoms with Crippen molar-refractivity contribution in [3.05, 3.63) is 0 Å². The molecule has 0 heterocycles. The number of aliphatic carboxylic acids is 1. The van der Waals surface area contributed by atoms with Gasteiger partial charge in [-0.25, -0.2) is 4.79 Å². The molecule has 0 unspecified atom stereocenters. The molecule has 1 N–H and O–H groups in total. The molecule has 0 atom stereocenters. The van der Waals surface area contributed by atoms with E-state index in [1.165, 1.54) is 4.90 Å². The number of carboxylic acids is 1. The third-order valence-corrected chi connectivity index (χ3v) is 2.16. The molecular weight excluding hydrogens is 212 g/mol. The van der Waals surface area contributed by atoms with Gasteiger partial charge in [0.2, 0.25) is 0 Å². The zero-order valence-corrected chi connectivity index (χ0v) is 10.1. The van der Waals surface area contributed by atoms with Gasteiger partial charge in [-0.2, -0.15) is 0 Å². The highest BCUT2D eigenvalue weighted by molar-refractivity contribution is 5.74. The van der Waals surface area contributed by atoms with E-state index >= 15 is 0 Å². The average molecular weight is 232 g/mol. The Bertz CT molecular complexity index is 233. The van der Waals surface area contributed by atoms with Gasteiger partial charge in [0.1, 0.15) is 0 Å². The summed E-state index contributed by atoms with van der Waals surface area (Å²) in [6, 6.07) is -0.169. The van der Waals surface area contributed by atoms with Crippen molar-refractivity contribution in [2.45, 2.75) is 12.8 Å². The Labute approximate surface area is 95.8 Å². The number of hydrogen-bond acceptors (Lipinski definition) is 3. The molecule has 0 saturated heterocycles. The zero-order chi connectivity index (χ0) is 12.6. The van der Waals surface area contributed by atoms with Gasteiger partial charge in [-0.05, 0) is 6.42 Å². The first-order valence-electron chi connectivity index (χ1n) is 5.16. The Balaban J connectivity index is 3.86. The predicted octanol–water partition coefficient (Wildman–Crippen LogP) is 0.481. The molecule has 94 valence electrons. The molecule has 0 aromatic carbocycles. The van der Waals surface area contributed by atoms with E-state index in [0.717, 1.165) is 6.42 Å². The third kappa shape index (κ3) is 6.23. The van der Waals surface area contributed by atoms with Crippen LogP contribution in [0, 0.1) is 0 Å². The van der Waals surface area contributed by atoms with E-state index in [2.05, 4.69) is 0 Å². The SMILES string of the molecule is COCCCN(C)C(=O)N(C)CCC(=O)O. The first kappa shape index (κ1) is 14.7. The molecular formula is C10H20N2O4. The number of methoxy groups -OCH3 is 1. The Kier molecular flexibility index (Phi) is 7.28. The zero-order valence-electron chi connectivity index (χ0n) is 10.1. The predicted molar refractivity (Wildman–Crippen MR) is 59.4 cm³/mol. The van der Waals surface area contributed by atoms with E-state index in [1.54, 1.807) is 26.1 Å². The Morgan fingerprint density at radius 2 is 1.75 bits per heavy atom. The summed E-state index contributed by atoms with van der Waals surface area (Å²) in [4.78, 5) is 25.0. The molecule has 0 aromatic heterocycles. The van der Waals surface area contributed by atoms with Crippen molar-refractivity contribution < 1.29 is 19.4 Å². The fraction of sp³-hybridized carbons (Fsp3) is 0.800. The molecule has 0 spiro atoms. The van der Waals surface area contributed by atoms with Crippen LogP contribution >= 0.6 is 0 Å². The monoisotopic (exact) mass is 232 g/mol. The van der Waals surface area contributed by atoms with Crippen LogP contribution in [0.3, 0.4) is 0 Å². The van der Waals surface area contributed by atoms with Crippen molar-refractivity contribution in [3.8, 4) is 0 Å². The van der Waals surface area contributed by atoms with Crippen LogP contribution in [0.15, 0.2) is 0 Å². The van der Waals surface area contributed by atoms with Crippen LogP contribution in [0.1, 0.15) is 12.8 Å². The summed E-state index contributed by atoms with van der Waals surface area (Å²) in [5.74, 6) is -0.901. The van der Waals surface area contributed by atoms with E-state index in [9.17, 15) is 9.59 Å². The molecule has 16 heavy (non-hydrogen) atoms. The van der Waals surface area contributed by atoms with Crippen molar-refractivity contribution in [1.29, 1.82) is 0 Å². The Morgan fingerprint density at radius 3 is 2.25 bits per heavy atom. The highest BCUT2D eigenvalue weighted by Gasteiger charge is 2.14. The van der Waals surface area contributed by atoms with Crippen LogP contribution in [0.2, 0.25) is 0 Å². The number of carbonyl (C=O) groups excluding carboxylic acids is 1. The molecule has 0 saturated carbocycles. The highest BCUT2D eigenvalue weighted by Crippen LogP contribution is 1.97. The summed E-state index contributed by atoms with van der Waals surface area (Å²) in [5.41, 5.74) is 0. The highest BCUT2D eigenvalue weighted by atomic mass is 16.5. The van der Waals surface area contributed by atoms with Crippen molar-refractivity contribution in [2.75, 3.05) is 40.9 Å². The fourth-order valence-corrected chi connectivity index (χ4v) is 1.19. The number of carbonyl (C=O) groups is 2. The second kappa shape index (κ2) is 7.92. The number of rotatable bonds is 7. The minimum absolute atomic E-state index is 0.0336. The second-order valence-electron chi connectivity index (χ2n) is 3.62. The summed E-state index contributed by atoms with van der Waals surface area (Å²) in [5, 5.41) is 8.49. The van der Waals surface area contributed by atoms with E-state index in [4.69, 9.17) is 9.84 Å². The van der Waals surface area contributed by atoms with E-state index in [0.29, 0.717) is 13.2 Å². The van der Waals surface area contributed by atoms with Crippen molar-refractivity contribution in [2.24, 2.45) is 0 Å². The summed E-state index contributed by atoms with van der Waals surface area (Å²) < 4.78 is 4.88. The van der Waals surface area contributed by atoms with Crippen LogP contribution in [-0.2, 0) is 9.53 Å². The molecule has 0 aromatic rings. The number of ether oxygens (including phenoxy) is 1. The first-order chi connectivity index (χ1) is 7.49. The van der Waals surface area contributed by atoms with Gasteiger partial charge >= 0.3 is 12.0 Å². The third-order valence-electron chi connectivity index (χ3n) is 2.16. The maximum atomic E-state index is 11.7. The van der Waals surface area contributed by atoms with Gasteiger partial charge in [-0.1, -0.05) is 0 Å². The lowest BCUT2D eigenvalue weighted by Gasteiger charge is -2.24. The number of amides is 2. The smallest absolute Gasteiger partial charge is 0.319 e. The summed E-state index contributed by atoms with van der Waals surface area (Å²) in [6.07, 6.45) is 0.736. The summed E-state index contributed by atoms with van der Waals surface area (Å²) >= 11 is 0. The molecule has 2 amide bonds. The van der Waals surface area contributed by atoms with Crippen LogP contribution in [-0.4, -0.2) is 67.8 Å². The lowest BCUT2D eigenvalue weighted by atomic mass is 10.4. The minimum atomic E-state index is -0.901. The van der Waals surface area contributed by atoms with Gasteiger partial charge in [0.05, 0.1) is 6.42 Å². The van der Waals surface area contributed by atoms with Crippen molar-refractivity contribution >= 4 is 12.0 Å². The molecule has 0 aliphatic heterocycles. The molecule has 0 fully saturated rings. The van der Waals surface area contributed by atoms with Crippen LogP contribution in [0.25, 0.3) is 0 Å². The van der Waals surface area contributed by atoms with Crippen LogP contribution < -0.4 is 0 Å². The fourth-order valence-electron chi connectivity index (χ4n) is 1.19. The van der Waals surface area contributed by atoms with E-state index < -0.39 is 5.97 Å². The largest absolute Gasteiger partial charge is 0.481 e. The van der Waals surface area contributed by atoms with Gasteiger partial charge in [0.15, 0.2) is 0 Å². The summed E-state index contributed by atoms with van der Waals surface area (Å²) in [6.45, 7) is 1.43. The quantitative estimate of drug-likeness (QED) is 0.648. The van der Waals surface area contributed by atoms with Gasteiger partial charge in [-0.15, -0.1) is 0 Å². The standard InChI is InChI=1S/C10H20N2O4/c1-11(6-4-8-16-3)10(15)12(2)7-5-9(13)14/h4-8H2,1-3H3,(H,13,14). The molecule has 6 nitrogen and oxygen atoms in total. The van der Waals surface area contributed by atoms with Gasteiger partial charge in [-0.3, -0.25) is 4.79 Å². The second-order valence-corrected chi connectivity index (χ2v) is 3.62. The van der Waals surface area contributed by atoms with E-state index in [1.807, 2.05) is 0 Å². The lowest BCUT2D eigenvalue weighted by Crippen LogP contribution is -2.40.